The molecule has 18 heavy (non-hydrogen) atoms. The predicted molar refractivity (Wildman–Crippen MR) is 70.1 cm³/mol. The molecule has 3 heterocycles. The lowest BCUT2D eigenvalue weighted by molar-refractivity contribution is -0.169. The van der Waals surface area contributed by atoms with Gasteiger partial charge in [0.2, 0.25) is 5.13 Å². The van der Waals surface area contributed by atoms with Crippen LogP contribution in [-0.4, -0.2) is 42.3 Å². The van der Waals surface area contributed by atoms with Crippen LogP contribution < -0.4 is 4.90 Å². The van der Waals surface area contributed by atoms with Crippen LogP contribution in [-0.2, 0) is 9.47 Å². The fourth-order valence-electron chi connectivity index (χ4n) is 2.41. The summed E-state index contributed by atoms with van der Waals surface area (Å²) >= 11 is 1.70. The van der Waals surface area contributed by atoms with E-state index in [-0.39, 0.29) is 5.79 Å². The summed E-state index contributed by atoms with van der Waals surface area (Å²) in [6, 6.07) is 0. The summed E-state index contributed by atoms with van der Waals surface area (Å²) in [5, 5.41) is 10.7. The van der Waals surface area contributed by atoms with Gasteiger partial charge >= 0.3 is 0 Å². The van der Waals surface area contributed by atoms with Gasteiger partial charge in [0.25, 0.3) is 0 Å². The first-order valence-electron chi connectivity index (χ1n) is 6.55. The third kappa shape index (κ3) is 2.24. The first-order valence-corrected chi connectivity index (χ1v) is 7.36. The summed E-state index contributed by atoms with van der Waals surface area (Å²) in [7, 11) is 0. The van der Waals surface area contributed by atoms with E-state index in [0.29, 0.717) is 5.92 Å². The molecule has 2 saturated heterocycles. The van der Waals surface area contributed by atoms with Gasteiger partial charge in [0.05, 0.1) is 13.2 Å². The maximum Gasteiger partial charge on any atom is 0.208 e. The molecule has 2 fully saturated rings. The molecule has 1 aromatic heterocycles. The van der Waals surface area contributed by atoms with Gasteiger partial charge in [-0.2, -0.15) is 0 Å². The molecule has 0 aliphatic carbocycles. The zero-order chi connectivity index (χ0) is 12.6. The lowest BCUT2D eigenvalue weighted by atomic mass is 10.0. The molecule has 5 nitrogen and oxygen atoms in total. The van der Waals surface area contributed by atoms with Crippen LogP contribution in [0.5, 0.6) is 0 Å². The summed E-state index contributed by atoms with van der Waals surface area (Å²) in [6.45, 7) is 7.64. The Morgan fingerprint density at radius 1 is 1.17 bits per heavy atom. The molecule has 100 valence electrons. The second-order valence-electron chi connectivity index (χ2n) is 5.17. The second kappa shape index (κ2) is 4.75. The average molecular weight is 269 g/mol. The number of anilines is 1. The Morgan fingerprint density at radius 3 is 2.39 bits per heavy atom. The van der Waals surface area contributed by atoms with E-state index >= 15 is 0 Å². The van der Waals surface area contributed by atoms with Gasteiger partial charge in [-0.05, 0) is 0 Å². The minimum Gasteiger partial charge on any atom is -0.347 e. The topological polar surface area (TPSA) is 47.5 Å². The zero-order valence-corrected chi connectivity index (χ0v) is 11.7. The minimum absolute atomic E-state index is 0.304. The largest absolute Gasteiger partial charge is 0.347 e. The van der Waals surface area contributed by atoms with Crippen molar-refractivity contribution in [2.45, 2.75) is 38.4 Å². The fourth-order valence-corrected chi connectivity index (χ4v) is 3.31. The normalized spacial score (nSPS) is 23.2. The highest BCUT2D eigenvalue weighted by atomic mass is 32.1. The molecule has 0 radical (unpaired) electrons. The Balaban J connectivity index is 1.64. The number of aromatic nitrogens is 2. The average Bonchev–Trinajstić information content (AvgIpc) is 3.00. The number of hydrogen-bond acceptors (Lipinski definition) is 6. The lowest BCUT2D eigenvalue weighted by Gasteiger charge is -2.37. The van der Waals surface area contributed by atoms with Gasteiger partial charge in [-0.3, -0.25) is 0 Å². The molecule has 0 bridgehead atoms. The molecule has 1 aromatic rings. The van der Waals surface area contributed by atoms with E-state index in [0.717, 1.165) is 49.3 Å². The van der Waals surface area contributed by atoms with Crippen LogP contribution in [0.4, 0.5) is 5.13 Å². The molecular weight excluding hydrogens is 250 g/mol. The van der Waals surface area contributed by atoms with Gasteiger partial charge in [0.1, 0.15) is 5.01 Å². The SMILES string of the molecule is CC(C)c1nnc(N2CCC3(CC2)OCCO3)s1. The highest BCUT2D eigenvalue weighted by Crippen LogP contribution is 2.34. The molecule has 2 aliphatic heterocycles. The monoisotopic (exact) mass is 269 g/mol. The minimum atomic E-state index is -0.304. The van der Waals surface area contributed by atoms with Crippen molar-refractivity contribution in [3.63, 3.8) is 0 Å². The Labute approximate surface area is 111 Å². The van der Waals surface area contributed by atoms with Crippen LogP contribution in [0.25, 0.3) is 0 Å². The molecule has 0 amide bonds. The molecule has 3 rings (SSSR count). The number of hydrogen-bond donors (Lipinski definition) is 0. The van der Waals surface area contributed by atoms with Gasteiger partial charge in [-0.1, -0.05) is 25.2 Å². The summed E-state index contributed by atoms with van der Waals surface area (Å²) in [5.74, 6) is 0.149. The summed E-state index contributed by atoms with van der Waals surface area (Å²) in [6.07, 6.45) is 1.84. The van der Waals surface area contributed by atoms with Crippen LogP contribution in [0.2, 0.25) is 0 Å². The maximum absolute atomic E-state index is 5.73. The van der Waals surface area contributed by atoms with E-state index in [4.69, 9.17) is 9.47 Å². The standard InChI is InChI=1S/C12H19N3O2S/c1-9(2)10-13-14-11(18-10)15-5-3-12(4-6-15)16-7-8-17-12/h9H,3-8H2,1-2H3. The van der Waals surface area contributed by atoms with Gasteiger partial charge in [-0.25, -0.2) is 0 Å². The molecule has 0 N–H and O–H groups in total. The predicted octanol–water partition coefficient (Wildman–Crippen LogP) is 2.00. The van der Waals surface area contributed by atoms with Crippen LogP contribution >= 0.6 is 11.3 Å². The molecule has 0 atom stereocenters. The van der Waals surface area contributed by atoms with Crippen LogP contribution in [0.15, 0.2) is 0 Å². The quantitative estimate of drug-likeness (QED) is 0.822. The maximum atomic E-state index is 5.73. The number of rotatable bonds is 2. The zero-order valence-electron chi connectivity index (χ0n) is 10.9. The number of ether oxygens (including phenoxy) is 2. The molecule has 1 spiro atoms. The molecular formula is C12H19N3O2S. The first kappa shape index (κ1) is 12.3. The number of nitrogens with zero attached hydrogens (tertiary/aromatic N) is 3. The number of piperidine rings is 1. The molecule has 6 heteroatoms. The first-order chi connectivity index (χ1) is 8.69. The Hall–Kier alpha value is -0.720. The molecule has 0 aromatic carbocycles. The Bertz CT molecular complexity index is 405. The lowest BCUT2D eigenvalue weighted by Crippen LogP contribution is -2.45. The Morgan fingerprint density at radius 2 is 1.83 bits per heavy atom. The summed E-state index contributed by atoms with van der Waals surface area (Å²) in [5.41, 5.74) is 0. The van der Waals surface area contributed by atoms with Crippen molar-refractivity contribution in [3.05, 3.63) is 5.01 Å². The van der Waals surface area contributed by atoms with Gasteiger partial charge < -0.3 is 14.4 Å². The van der Waals surface area contributed by atoms with Crippen molar-refractivity contribution >= 4 is 16.5 Å². The molecule has 0 unspecified atom stereocenters. The van der Waals surface area contributed by atoms with Gasteiger partial charge in [0, 0.05) is 31.8 Å². The van der Waals surface area contributed by atoms with Crippen LogP contribution in [0, 0.1) is 0 Å². The summed E-state index contributed by atoms with van der Waals surface area (Å²) in [4.78, 5) is 2.29. The van der Waals surface area contributed by atoms with E-state index in [1.165, 1.54) is 0 Å². The van der Waals surface area contributed by atoms with Gasteiger partial charge in [0.15, 0.2) is 5.79 Å². The van der Waals surface area contributed by atoms with Crippen molar-refractivity contribution in [1.29, 1.82) is 0 Å². The van der Waals surface area contributed by atoms with Gasteiger partial charge in [-0.15, -0.1) is 10.2 Å². The third-order valence-corrected chi connectivity index (χ3v) is 4.82. The van der Waals surface area contributed by atoms with Crippen molar-refractivity contribution in [3.8, 4) is 0 Å². The van der Waals surface area contributed by atoms with E-state index in [9.17, 15) is 0 Å². The van der Waals surface area contributed by atoms with Crippen LogP contribution in [0.1, 0.15) is 37.6 Å². The third-order valence-electron chi connectivity index (χ3n) is 3.53. The van der Waals surface area contributed by atoms with Crippen molar-refractivity contribution in [1.82, 2.24) is 10.2 Å². The fraction of sp³-hybridized carbons (Fsp3) is 0.833. The van der Waals surface area contributed by atoms with Crippen molar-refractivity contribution in [2.24, 2.45) is 0 Å². The molecule has 0 saturated carbocycles. The van der Waals surface area contributed by atoms with E-state index < -0.39 is 0 Å². The van der Waals surface area contributed by atoms with E-state index in [1.807, 2.05) is 0 Å². The molecule has 2 aliphatic rings. The van der Waals surface area contributed by atoms with E-state index in [2.05, 4.69) is 28.9 Å². The highest BCUT2D eigenvalue weighted by molar-refractivity contribution is 7.15. The Kier molecular flexibility index (Phi) is 3.25. The van der Waals surface area contributed by atoms with Crippen molar-refractivity contribution in [2.75, 3.05) is 31.2 Å². The van der Waals surface area contributed by atoms with Crippen molar-refractivity contribution < 1.29 is 9.47 Å². The van der Waals surface area contributed by atoms with Crippen LogP contribution in [0.3, 0.4) is 0 Å². The second-order valence-corrected chi connectivity index (χ2v) is 6.16. The smallest absolute Gasteiger partial charge is 0.208 e. The highest BCUT2D eigenvalue weighted by Gasteiger charge is 2.40. The summed E-state index contributed by atoms with van der Waals surface area (Å²) < 4.78 is 11.5. The van der Waals surface area contributed by atoms with E-state index in [1.54, 1.807) is 11.3 Å².